The normalized spacial score (nSPS) is 17.0. The number of carbonyl (C=O) groups is 2. The van der Waals surface area contributed by atoms with Gasteiger partial charge in [0.25, 0.3) is 0 Å². The molecule has 1 atom stereocenters. The molecule has 1 N–H and O–H groups in total. The van der Waals surface area contributed by atoms with Crippen LogP contribution in [0.2, 0.25) is 10.0 Å². The second-order valence-corrected chi connectivity index (χ2v) is 12.7. The van der Waals surface area contributed by atoms with Crippen molar-refractivity contribution >= 4 is 52.1 Å². The number of amides is 1. The molecule has 1 saturated heterocycles. The molecule has 6 nitrogen and oxygen atoms in total. The Morgan fingerprint density at radius 3 is 2.38 bits per heavy atom. The molecule has 0 unspecified atom stereocenters. The number of methoxy groups -OCH3 is 1. The molecule has 1 aliphatic heterocycles. The third kappa shape index (κ3) is 6.77. The first-order chi connectivity index (χ1) is 20.0. The highest BCUT2D eigenvalue weighted by Gasteiger charge is 2.30. The van der Waals surface area contributed by atoms with Crippen molar-refractivity contribution in [3.63, 3.8) is 0 Å². The Hall–Kier alpha value is -3.48. The van der Waals surface area contributed by atoms with Crippen molar-refractivity contribution in [3.05, 3.63) is 98.5 Å². The Balaban J connectivity index is 1.47. The van der Waals surface area contributed by atoms with Crippen molar-refractivity contribution in [1.29, 1.82) is 0 Å². The number of fused-ring (bicyclic) bond motifs is 1. The SMILES string of the molecule is COC(=O)c1ccc2c(c1)CCCC(c1ccc(Cl)cc1Cl)=C2c1ccc(N[C@H]2CCN(C(=O)OC(C)(C)C)C2)cc1. The number of aryl methyl sites for hydroxylation is 1. The van der Waals surface area contributed by atoms with E-state index < -0.39 is 5.60 Å². The Kier molecular flexibility index (Phi) is 8.86. The molecular formula is C34H36Cl2N2O4. The van der Waals surface area contributed by atoms with Crippen molar-refractivity contribution in [2.75, 3.05) is 25.5 Å². The molecule has 220 valence electrons. The highest BCUT2D eigenvalue weighted by molar-refractivity contribution is 6.36. The predicted molar refractivity (Wildman–Crippen MR) is 169 cm³/mol. The molecule has 1 aliphatic carbocycles. The number of rotatable bonds is 5. The lowest BCUT2D eigenvalue weighted by Crippen LogP contribution is -2.36. The van der Waals surface area contributed by atoms with Gasteiger partial charge in [-0.3, -0.25) is 0 Å². The Labute approximate surface area is 257 Å². The summed E-state index contributed by atoms with van der Waals surface area (Å²) in [6.07, 6.45) is 3.13. The van der Waals surface area contributed by atoms with Gasteiger partial charge >= 0.3 is 12.1 Å². The molecule has 1 heterocycles. The molecule has 1 amide bonds. The maximum atomic E-state index is 12.5. The van der Waals surface area contributed by atoms with Gasteiger partial charge < -0.3 is 19.7 Å². The lowest BCUT2D eigenvalue weighted by Gasteiger charge is -2.24. The molecule has 3 aromatic carbocycles. The van der Waals surface area contributed by atoms with Gasteiger partial charge in [0.1, 0.15) is 5.60 Å². The van der Waals surface area contributed by atoms with Crippen LogP contribution in [0, 0.1) is 0 Å². The number of hydrogen-bond acceptors (Lipinski definition) is 5. The molecule has 5 rings (SSSR count). The smallest absolute Gasteiger partial charge is 0.410 e. The summed E-state index contributed by atoms with van der Waals surface area (Å²) in [5.74, 6) is -0.346. The molecule has 0 aromatic heterocycles. The summed E-state index contributed by atoms with van der Waals surface area (Å²) in [5.41, 5.74) is 7.43. The van der Waals surface area contributed by atoms with E-state index >= 15 is 0 Å². The highest BCUT2D eigenvalue weighted by Crippen LogP contribution is 2.42. The number of benzene rings is 3. The first kappa shape index (κ1) is 30.0. The molecule has 0 bridgehead atoms. The number of likely N-dealkylation sites (tertiary alicyclic amines) is 1. The molecule has 42 heavy (non-hydrogen) atoms. The predicted octanol–water partition coefficient (Wildman–Crippen LogP) is 8.50. The average Bonchev–Trinajstić information content (AvgIpc) is 3.33. The summed E-state index contributed by atoms with van der Waals surface area (Å²) in [4.78, 5) is 26.6. The fraction of sp³-hybridized carbons (Fsp3) is 0.353. The van der Waals surface area contributed by atoms with Crippen LogP contribution in [-0.2, 0) is 15.9 Å². The third-order valence-corrected chi connectivity index (χ3v) is 8.16. The van der Waals surface area contributed by atoms with Crippen LogP contribution in [0.4, 0.5) is 10.5 Å². The fourth-order valence-corrected chi connectivity index (χ4v) is 6.23. The van der Waals surface area contributed by atoms with Crippen molar-refractivity contribution < 1.29 is 19.1 Å². The zero-order valence-electron chi connectivity index (χ0n) is 24.4. The molecule has 1 fully saturated rings. The van der Waals surface area contributed by atoms with Crippen LogP contribution in [0.15, 0.2) is 60.7 Å². The van der Waals surface area contributed by atoms with Gasteiger partial charge in [0.2, 0.25) is 0 Å². The maximum absolute atomic E-state index is 12.5. The first-order valence-corrected chi connectivity index (χ1v) is 15.0. The van der Waals surface area contributed by atoms with Crippen LogP contribution in [0.3, 0.4) is 0 Å². The number of halogens is 2. The van der Waals surface area contributed by atoms with Gasteiger partial charge in [-0.2, -0.15) is 0 Å². The number of nitrogens with zero attached hydrogens (tertiary/aromatic N) is 1. The number of ether oxygens (including phenoxy) is 2. The van der Waals surface area contributed by atoms with Gasteiger partial charge in [0.15, 0.2) is 0 Å². The van der Waals surface area contributed by atoms with Crippen molar-refractivity contribution in [2.45, 2.75) is 58.1 Å². The maximum Gasteiger partial charge on any atom is 0.410 e. The van der Waals surface area contributed by atoms with Gasteiger partial charge in [-0.25, -0.2) is 9.59 Å². The van der Waals surface area contributed by atoms with Gasteiger partial charge in [-0.15, -0.1) is 0 Å². The standard InChI is InChI=1S/C34H36Cl2N2O4/c1-34(2,3)42-33(40)38-17-16-26(20-38)37-25-12-8-21(9-13-25)31-27-14-10-23(32(39)41-4)18-22(27)6-5-7-29(31)28-15-11-24(35)19-30(28)36/h8-15,18-19,26,37H,5-7,16-17,20H2,1-4H3/t26-/m0/s1. The Morgan fingerprint density at radius 2 is 1.69 bits per heavy atom. The highest BCUT2D eigenvalue weighted by atomic mass is 35.5. The molecular weight excluding hydrogens is 571 g/mol. The van der Waals surface area contributed by atoms with Gasteiger partial charge in [-0.05, 0) is 116 Å². The number of nitrogens with one attached hydrogen (secondary N) is 1. The van der Waals surface area contributed by atoms with E-state index in [4.69, 9.17) is 32.7 Å². The number of carbonyl (C=O) groups excluding carboxylic acids is 2. The molecule has 0 saturated carbocycles. The summed E-state index contributed by atoms with van der Waals surface area (Å²) < 4.78 is 10.5. The minimum Gasteiger partial charge on any atom is -0.465 e. The van der Waals surface area contributed by atoms with Crippen molar-refractivity contribution in [1.82, 2.24) is 4.90 Å². The number of hydrogen-bond donors (Lipinski definition) is 1. The molecule has 0 radical (unpaired) electrons. The molecule has 8 heteroatoms. The average molecular weight is 608 g/mol. The topological polar surface area (TPSA) is 67.9 Å². The largest absolute Gasteiger partial charge is 0.465 e. The van der Waals surface area contributed by atoms with Crippen LogP contribution in [0.25, 0.3) is 11.1 Å². The minimum atomic E-state index is -0.514. The van der Waals surface area contributed by atoms with Crippen LogP contribution in [-0.4, -0.2) is 48.8 Å². The van der Waals surface area contributed by atoms with E-state index in [1.807, 2.05) is 51.1 Å². The Bertz CT molecular complexity index is 1530. The van der Waals surface area contributed by atoms with Crippen LogP contribution in [0.1, 0.15) is 72.6 Å². The van der Waals surface area contributed by atoms with Crippen molar-refractivity contribution in [2.24, 2.45) is 0 Å². The fourth-order valence-electron chi connectivity index (χ4n) is 5.70. The van der Waals surface area contributed by atoms with Crippen molar-refractivity contribution in [3.8, 4) is 0 Å². The zero-order chi connectivity index (χ0) is 30.0. The van der Waals surface area contributed by atoms with Gasteiger partial charge in [0.05, 0.1) is 12.7 Å². The zero-order valence-corrected chi connectivity index (χ0v) is 25.9. The van der Waals surface area contributed by atoms with E-state index in [2.05, 4.69) is 29.6 Å². The lowest BCUT2D eigenvalue weighted by molar-refractivity contribution is 0.0293. The summed E-state index contributed by atoms with van der Waals surface area (Å²) in [7, 11) is 1.40. The number of esters is 1. The van der Waals surface area contributed by atoms with E-state index in [0.717, 1.165) is 64.8 Å². The second kappa shape index (κ2) is 12.4. The van der Waals surface area contributed by atoms with Crippen LogP contribution in [0.5, 0.6) is 0 Å². The second-order valence-electron chi connectivity index (χ2n) is 11.8. The summed E-state index contributed by atoms with van der Waals surface area (Å²) in [6.45, 7) is 6.89. The van der Waals surface area contributed by atoms with E-state index in [1.165, 1.54) is 7.11 Å². The van der Waals surface area contributed by atoms with E-state index in [-0.39, 0.29) is 18.1 Å². The number of allylic oxidation sites excluding steroid dienone is 1. The third-order valence-electron chi connectivity index (χ3n) is 7.61. The monoisotopic (exact) mass is 606 g/mol. The van der Waals surface area contributed by atoms with E-state index in [0.29, 0.717) is 28.7 Å². The summed E-state index contributed by atoms with van der Waals surface area (Å²) >= 11 is 13.0. The molecule has 2 aliphatic rings. The summed E-state index contributed by atoms with van der Waals surface area (Å²) in [5, 5.41) is 4.78. The minimum absolute atomic E-state index is 0.140. The Morgan fingerprint density at radius 1 is 0.952 bits per heavy atom. The first-order valence-electron chi connectivity index (χ1n) is 14.3. The van der Waals surface area contributed by atoms with Gasteiger partial charge in [-0.1, -0.05) is 47.5 Å². The number of anilines is 1. The summed E-state index contributed by atoms with van der Waals surface area (Å²) in [6, 6.07) is 19.9. The lowest BCUT2D eigenvalue weighted by atomic mass is 9.87. The molecule has 0 spiro atoms. The van der Waals surface area contributed by atoms with E-state index in [9.17, 15) is 9.59 Å². The van der Waals surface area contributed by atoms with Gasteiger partial charge in [0, 0.05) is 34.9 Å². The molecule has 3 aromatic rings. The quantitative estimate of drug-likeness (QED) is 0.295. The van der Waals surface area contributed by atoms with E-state index in [1.54, 1.807) is 11.0 Å². The van der Waals surface area contributed by atoms with Crippen LogP contribution < -0.4 is 5.32 Å². The van der Waals surface area contributed by atoms with Crippen LogP contribution >= 0.6 is 23.2 Å².